The number of hydrogen-bond donors (Lipinski definition) is 0. The summed E-state index contributed by atoms with van der Waals surface area (Å²) in [6.07, 6.45) is 3.54. The number of benzene rings is 2. The van der Waals surface area contributed by atoms with Crippen molar-refractivity contribution in [3.8, 4) is 6.07 Å². The second kappa shape index (κ2) is 6.17. The zero-order valence-electron chi connectivity index (χ0n) is 11.3. The smallest absolute Gasteiger partial charge is 0.117 e. The molecule has 0 amide bonds. The van der Waals surface area contributed by atoms with E-state index in [0.717, 1.165) is 25.7 Å². The molecule has 0 saturated carbocycles. The van der Waals surface area contributed by atoms with E-state index in [1.807, 2.05) is 48.7 Å². The molecule has 0 aliphatic heterocycles. The van der Waals surface area contributed by atoms with Gasteiger partial charge in [0.25, 0.3) is 0 Å². The fourth-order valence-corrected chi connectivity index (χ4v) is 3.68. The first-order valence-corrected chi connectivity index (χ1v) is 8.32. The molecule has 3 aromatic rings. The van der Waals surface area contributed by atoms with E-state index in [-0.39, 0.29) is 0 Å². The zero-order valence-corrected chi connectivity index (χ0v) is 12.9. The minimum atomic E-state index is 0.706. The van der Waals surface area contributed by atoms with E-state index >= 15 is 0 Å². The molecule has 0 bridgehead atoms. The Labute approximate surface area is 131 Å². The summed E-state index contributed by atoms with van der Waals surface area (Å²) in [6, 6.07) is 16.1. The summed E-state index contributed by atoms with van der Waals surface area (Å²) in [7, 11) is 0. The molecule has 2 aromatic carbocycles. The van der Waals surface area contributed by atoms with Crippen LogP contribution in [-0.4, -0.2) is 16.2 Å². The predicted molar refractivity (Wildman–Crippen MR) is 86.6 cm³/mol. The van der Waals surface area contributed by atoms with E-state index < -0.39 is 0 Å². The van der Waals surface area contributed by atoms with Crippen molar-refractivity contribution in [1.82, 2.24) is 9.97 Å². The molecule has 21 heavy (non-hydrogen) atoms. The summed E-state index contributed by atoms with van der Waals surface area (Å²) >= 11 is 3.09. The number of hydrogen-bond acceptors (Lipinski definition) is 5. The Hall–Kier alpha value is -2.03. The van der Waals surface area contributed by atoms with Crippen molar-refractivity contribution in [2.75, 3.05) is 6.26 Å². The molecule has 0 fully saturated rings. The number of aromatic nitrogens is 2. The molecule has 0 atom stereocenters. The molecule has 0 aliphatic rings. The van der Waals surface area contributed by atoms with Gasteiger partial charge in [0.15, 0.2) is 0 Å². The van der Waals surface area contributed by atoms with Crippen molar-refractivity contribution in [2.24, 2.45) is 0 Å². The van der Waals surface area contributed by atoms with Crippen LogP contribution < -0.4 is 0 Å². The van der Waals surface area contributed by atoms with Crippen molar-refractivity contribution in [2.45, 2.75) is 14.8 Å². The van der Waals surface area contributed by atoms with Crippen LogP contribution in [0.25, 0.3) is 10.9 Å². The molecule has 0 unspecified atom stereocenters. The average molecular weight is 309 g/mol. The number of thioether (sulfide) groups is 1. The number of para-hydroxylation sites is 1. The molecule has 102 valence electrons. The Morgan fingerprint density at radius 3 is 2.62 bits per heavy atom. The lowest BCUT2D eigenvalue weighted by Gasteiger charge is -2.08. The van der Waals surface area contributed by atoms with Crippen LogP contribution in [-0.2, 0) is 0 Å². The summed E-state index contributed by atoms with van der Waals surface area (Å²) in [6.45, 7) is 0. The Bertz CT molecular complexity index is 835. The molecular formula is C16H11N3S2. The van der Waals surface area contributed by atoms with Gasteiger partial charge in [0, 0.05) is 15.2 Å². The second-order valence-corrected chi connectivity index (χ2v) is 6.12. The van der Waals surface area contributed by atoms with Gasteiger partial charge in [-0.2, -0.15) is 5.26 Å². The highest BCUT2D eigenvalue weighted by atomic mass is 32.2. The lowest BCUT2D eigenvalue weighted by molar-refractivity contribution is 1.10. The number of nitriles is 1. The van der Waals surface area contributed by atoms with Crippen LogP contribution in [0.4, 0.5) is 0 Å². The van der Waals surface area contributed by atoms with E-state index in [1.54, 1.807) is 18.1 Å². The van der Waals surface area contributed by atoms with Crippen molar-refractivity contribution < 1.29 is 0 Å². The first-order chi connectivity index (χ1) is 10.3. The highest BCUT2D eigenvalue weighted by molar-refractivity contribution is 8.00. The van der Waals surface area contributed by atoms with Crippen LogP contribution >= 0.6 is 23.5 Å². The summed E-state index contributed by atoms with van der Waals surface area (Å²) in [4.78, 5) is 10.5. The molecule has 0 radical (unpaired) electrons. The summed E-state index contributed by atoms with van der Waals surface area (Å²) in [5.41, 5.74) is 1.62. The molecule has 0 saturated heterocycles. The zero-order chi connectivity index (χ0) is 14.7. The van der Waals surface area contributed by atoms with Crippen LogP contribution in [0.5, 0.6) is 0 Å². The first-order valence-electron chi connectivity index (χ1n) is 6.28. The van der Waals surface area contributed by atoms with Gasteiger partial charge in [0.2, 0.25) is 0 Å². The molecule has 1 heterocycles. The van der Waals surface area contributed by atoms with Gasteiger partial charge in [0.05, 0.1) is 11.1 Å². The van der Waals surface area contributed by atoms with Gasteiger partial charge in [-0.25, -0.2) is 9.97 Å². The van der Waals surface area contributed by atoms with Crippen LogP contribution in [0.2, 0.25) is 0 Å². The molecule has 5 heteroatoms. The summed E-state index contributed by atoms with van der Waals surface area (Å²) in [5.74, 6) is 0. The van der Waals surface area contributed by atoms with Crippen LogP contribution in [0.15, 0.2) is 63.6 Å². The monoisotopic (exact) mass is 309 g/mol. The largest absolute Gasteiger partial charge is 0.236 e. The highest BCUT2D eigenvalue weighted by Gasteiger charge is 2.11. The number of nitrogens with zero attached hydrogens (tertiary/aromatic N) is 3. The van der Waals surface area contributed by atoms with Gasteiger partial charge < -0.3 is 0 Å². The van der Waals surface area contributed by atoms with Gasteiger partial charge in [0.1, 0.15) is 17.4 Å². The normalized spacial score (nSPS) is 10.5. The fraction of sp³-hybridized carbons (Fsp3) is 0.0625. The maximum Gasteiger partial charge on any atom is 0.117 e. The van der Waals surface area contributed by atoms with Crippen LogP contribution in [0.1, 0.15) is 5.56 Å². The maximum absolute atomic E-state index is 9.41. The average Bonchev–Trinajstić information content (AvgIpc) is 2.55. The lowest BCUT2D eigenvalue weighted by Crippen LogP contribution is -1.89. The number of fused-ring (bicyclic) bond motifs is 1. The Balaban J connectivity index is 2.10. The summed E-state index contributed by atoms with van der Waals surface area (Å²) < 4.78 is 0. The number of rotatable bonds is 3. The molecule has 0 N–H and O–H groups in total. The van der Waals surface area contributed by atoms with Gasteiger partial charge in [-0.1, -0.05) is 36.0 Å². The molecule has 1 aromatic heterocycles. The predicted octanol–water partition coefficient (Wildman–Crippen LogP) is 4.37. The van der Waals surface area contributed by atoms with E-state index in [1.165, 1.54) is 11.8 Å². The minimum absolute atomic E-state index is 0.706. The maximum atomic E-state index is 9.41. The molecule has 3 rings (SSSR count). The van der Waals surface area contributed by atoms with Gasteiger partial charge in [-0.05, 0) is 24.5 Å². The molecule has 0 spiro atoms. The van der Waals surface area contributed by atoms with Gasteiger partial charge >= 0.3 is 0 Å². The van der Waals surface area contributed by atoms with E-state index in [9.17, 15) is 5.26 Å². The second-order valence-electron chi connectivity index (χ2n) is 4.24. The van der Waals surface area contributed by atoms with E-state index in [4.69, 9.17) is 0 Å². The molecule has 0 aliphatic carbocycles. The third-order valence-electron chi connectivity index (χ3n) is 3.03. The first kappa shape index (κ1) is 13.9. The minimum Gasteiger partial charge on any atom is -0.236 e. The quantitative estimate of drug-likeness (QED) is 0.531. The Kier molecular flexibility index (Phi) is 4.09. The fourth-order valence-electron chi connectivity index (χ4n) is 2.04. The third kappa shape index (κ3) is 2.73. The Morgan fingerprint density at radius 1 is 1.00 bits per heavy atom. The van der Waals surface area contributed by atoms with Crippen LogP contribution in [0.3, 0.4) is 0 Å². The van der Waals surface area contributed by atoms with Crippen molar-refractivity contribution >= 4 is 34.4 Å². The third-order valence-corrected chi connectivity index (χ3v) is 4.89. The van der Waals surface area contributed by atoms with Gasteiger partial charge in [-0.3, -0.25) is 0 Å². The van der Waals surface area contributed by atoms with Crippen molar-refractivity contribution in [3.05, 3.63) is 54.4 Å². The molecular weight excluding hydrogens is 298 g/mol. The highest BCUT2D eigenvalue weighted by Crippen LogP contribution is 2.35. The standard InChI is InChI=1S/C16H11N3S2/c1-20-14-7-4-8-15(12(14)9-17)21-16-11-5-2-3-6-13(11)18-10-19-16/h2-8,10H,1H3. The van der Waals surface area contributed by atoms with E-state index in [0.29, 0.717) is 5.56 Å². The van der Waals surface area contributed by atoms with Gasteiger partial charge in [-0.15, -0.1) is 11.8 Å². The van der Waals surface area contributed by atoms with Crippen molar-refractivity contribution in [3.63, 3.8) is 0 Å². The topological polar surface area (TPSA) is 49.6 Å². The van der Waals surface area contributed by atoms with E-state index in [2.05, 4.69) is 16.0 Å². The summed E-state index contributed by atoms with van der Waals surface area (Å²) in [5, 5.41) is 11.3. The molecule has 3 nitrogen and oxygen atoms in total. The Morgan fingerprint density at radius 2 is 1.81 bits per heavy atom. The van der Waals surface area contributed by atoms with Crippen molar-refractivity contribution in [1.29, 1.82) is 5.26 Å². The SMILES string of the molecule is CSc1cccc(Sc2ncnc3ccccc23)c1C#N. The lowest BCUT2D eigenvalue weighted by atomic mass is 10.2. The van der Waals surface area contributed by atoms with Crippen LogP contribution in [0, 0.1) is 11.3 Å².